The molecule has 3 N–H and O–H groups in total. The van der Waals surface area contributed by atoms with Crippen LogP contribution in [0.5, 0.6) is 0 Å². The number of aromatic nitrogens is 2. The quantitative estimate of drug-likeness (QED) is 0.802. The first-order valence-electron chi connectivity index (χ1n) is 6.37. The number of pyridine rings is 2. The maximum Gasteiger partial charge on any atom is 0.0553 e. The number of piperazine rings is 1. The Morgan fingerprint density at radius 3 is 2.16 bits per heavy atom. The van der Waals surface area contributed by atoms with Gasteiger partial charge < -0.3 is 16.0 Å². The third-order valence-corrected chi connectivity index (χ3v) is 2.81. The van der Waals surface area contributed by atoms with Crippen LogP contribution < -0.4 is 16.0 Å². The van der Waals surface area contributed by atoms with Crippen LogP contribution in [0, 0.1) is 0 Å². The average molecular weight is 257 g/mol. The second-order valence-corrected chi connectivity index (χ2v) is 4.23. The first kappa shape index (κ1) is 13.3. The van der Waals surface area contributed by atoms with Crippen LogP contribution >= 0.6 is 0 Å². The van der Waals surface area contributed by atoms with E-state index in [4.69, 9.17) is 5.73 Å². The summed E-state index contributed by atoms with van der Waals surface area (Å²) < 4.78 is 0. The second kappa shape index (κ2) is 7.33. The summed E-state index contributed by atoms with van der Waals surface area (Å²) in [6.07, 6.45) is 7.04. The highest BCUT2D eigenvalue weighted by Gasteiger charge is 2.08. The highest BCUT2D eigenvalue weighted by molar-refractivity contribution is 5.43. The molecule has 0 aromatic carbocycles. The maximum absolute atomic E-state index is 5.30. The lowest BCUT2D eigenvalue weighted by Gasteiger charge is -2.28. The molecule has 2 aromatic heterocycles. The molecule has 1 aliphatic rings. The lowest BCUT2D eigenvalue weighted by atomic mass is 10.3. The van der Waals surface area contributed by atoms with Gasteiger partial charge in [-0.1, -0.05) is 0 Å². The molecule has 2 aromatic rings. The molecule has 3 heterocycles. The van der Waals surface area contributed by atoms with E-state index in [9.17, 15) is 0 Å². The fourth-order valence-electron chi connectivity index (χ4n) is 1.84. The predicted octanol–water partition coefficient (Wildman–Crippen LogP) is 1.15. The first-order chi connectivity index (χ1) is 9.36. The first-order valence-corrected chi connectivity index (χ1v) is 6.37. The fourth-order valence-corrected chi connectivity index (χ4v) is 1.84. The monoisotopic (exact) mass is 257 g/mol. The van der Waals surface area contributed by atoms with Crippen molar-refractivity contribution in [3.8, 4) is 0 Å². The SMILES string of the molecule is Nc1cccnc1.c1cncc(N2CCNCC2)c1. The molecular formula is C14H19N5. The minimum absolute atomic E-state index is 0.711. The van der Waals surface area contributed by atoms with E-state index in [0.717, 1.165) is 26.2 Å². The summed E-state index contributed by atoms with van der Waals surface area (Å²) in [7, 11) is 0. The maximum atomic E-state index is 5.30. The Morgan fingerprint density at radius 2 is 1.68 bits per heavy atom. The molecule has 19 heavy (non-hydrogen) atoms. The van der Waals surface area contributed by atoms with Crippen LogP contribution in [0.3, 0.4) is 0 Å². The molecule has 0 saturated carbocycles. The van der Waals surface area contributed by atoms with Gasteiger partial charge in [-0.3, -0.25) is 9.97 Å². The van der Waals surface area contributed by atoms with Crippen LogP contribution in [0.2, 0.25) is 0 Å². The number of nitrogens with one attached hydrogen (secondary N) is 1. The highest BCUT2D eigenvalue weighted by Crippen LogP contribution is 2.11. The lowest BCUT2D eigenvalue weighted by Crippen LogP contribution is -2.43. The molecule has 5 nitrogen and oxygen atoms in total. The number of hydrogen-bond acceptors (Lipinski definition) is 5. The van der Waals surface area contributed by atoms with E-state index in [1.165, 1.54) is 5.69 Å². The van der Waals surface area contributed by atoms with Gasteiger partial charge in [-0.2, -0.15) is 0 Å². The van der Waals surface area contributed by atoms with Crippen molar-refractivity contribution in [2.75, 3.05) is 36.8 Å². The fraction of sp³-hybridized carbons (Fsp3) is 0.286. The van der Waals surface area contributed by atoms with Crippen molar-refractivity contribution in [1.82, 2.24) is 15.3 Å². The molecule has 0 aliphatic carbocycles. The van der Waals surface area contributed by atoms with Crippen LogP contribution in [0.25, 0.3) is 0 Å². The number of hydrogen-bond donors (Lipinski definition) is 2. The van der Waals surface area contributed by atoms with E-state index in [0.29, 0.717) is 5.69 Å². The van der Waals surface area contributed by atoms with E-state index in [1.807, 2.05) is 18.5 Å². The number of nitrogens with zero attached hydrogens (tertiary/aromatic N) is 3. The van der Waals surface area contributed by atoms with Crippen molar-refractivity contribution in [2.24, 2.45) is 0 Å². The highest BCUT2D eigenvalue weighted by atomic mass is 15.2. The zero-order valence-corrected chi connectivity index (χ0v) is 10.9. The van der Waals surface area contributed by atoms with Gasteiger partial charge in [-0.15, -0.1) is 0 Å². The summed E-state index contributed by atoms with van der Waals surface area (Å²) in [6.45, 7) is 4.33. The van der Waals surface area contributed by atoms with Crippen molar-refractivity contribution >= 4 is 11.4 Å². The van der Waals surface area contributed by atoms with E-state index in [-0.39, 0.29) is 0 Å². The molecule has 100 valence electrons. The Hall–Kier alpha value is -2.14. The van der Waals surface area contributed by atoms with E-state index in [2.05, 4.69) is 26.3 Å². The molecule has 1 fully saturated rings. The zero-order chi connectivity index (χ0) is 13.3. The summed E-state index contributed by atoms with van der Waals surface area (Å²) in [5, 5.41) is 3.32. The molecule has 1 saturated heterocycles. The summed E-state index contributed by atoms with van der Waals surface area (Å²) in [5.74, 6) is 0. The van der Waals surface area contributed by atoms with Crippen LogP contribution in [0.4, 0.5) is 11.4 Å². The number of nitrogen functional groups attached to an aromatic ring is 1. The van der Waals surface area contributed by atoms with E-state index < -0.39 is 0 Å². The van der Waals surface area contributed by atoms with Gasteiger partial charge in [0.1, 0.15) is 0 Å². The molecule has 0 bridgehead atoms. The van der Waals surface area contributed by atoms with Gasteiger partial charge in [0.25, 0.3) is 0 Å². The van der Waals surface area contributed by atoms with Crippen molar-refractivity contribution < 1.29 is 0 Å². The largest absolute Gasteiger partial charge is 0.397 e. The number of rotatable bonds is 1. The van der Waals surface area contributed by atoms with Crippen molar-refractivity contribution in [3.05, 3.63) is 49.1 Å². The summed E-state index contributed by atoms with van der Waals surface area (Å²) in [6, 6.07) is 7.69. The summed E-state index contributed by atoms with van der Waals surface area (Å²) in [4.78, 5) is 10.2. The van der Waals surface area contributed by atoms with Crippen LogP contribution in [0.1, 0.15) is 0 Å². The Labute approximate surface area is 113 Å². The summed E-state index contributed by atoms with van der Waals surface area (Å²) >= 11 is 0. The van der Waals surface area contributed by atoms with Gasteiger partial charge in [0.15, 0.2) is 0 Å². The normalized spacial score (nSPS) is 14.4. The predicted molar refractivity (Wildman–Crippen MR) is 78.0 cm³/mol. The van der Waals surface area contributed by atoms with Gasteiger partial charge in [0.2, 0.25) is 0 Å². The molecule has 3 rings (SSSR count). The van der Waals surface area contributed by atoms with Gasteiger partial charge >= 0.3 is 0 Å². The Bertz CT molecular complexity index is 454. The molecule has 1 aliphatic heterocycles. The number of anilines is 2. The molecular weight excluding hydrogens is 238 g/mol. The Kier molecular flexibility index (Phi) is 5.13. The minimum Gasteiger partial charge on any atom is -0.397 e. The van der Waals surface area contributed by atoms with Crippen molar-refractivity contribution in [3.63, 3.8) is 0 Å². The zero-order valence-electron chi connectivity index (χ0n) is 10.9. The minimum atomic E-state index is 0.711. The van der Waals surface area contributed by atoms with Crippen LogP contribution in [-0.4, -0.2) is 36.1 Å². The molecule has 0 radical (unpaired) electrons. The molecule has 0 spiro atoms. The molecule has 0 unspecified atom stereocenters. The molecule has 0 atom stereocenters. The average Bonchev–Trinajstić information content (AvgIpc) is 2.51. The lowest BCUT2D eigenvalue weighted by molar-refractivity contribution is 0.589. The van der Waals surface area contributed by atoms with E-state index in [1.54, 1.807) is 24.5 Å². The second-order valence-electron chi connectivity index (χ2n) is 4.23. The molecule has 0 amide bonds. The topological polar surface area (TPSA) is 67.1 Å². The Balaban J connectivity index is 0.000000163. The van der Waals surface area contributed by atoms with Gasteiger partial charge in [-0.05, 0) is 24.3 Å². The third-order valence-electron chi connectivity index (χ3n) is 2.81. The van der Waals surface area contributed by atoms with Crippen molar-refractivity contribution in [1.29, 1.82) is 0 Å². The molecule has 5 heteroatoms. The third kappa shape index (κ3) is 4.56. The smallest absolute Gasteiger partial charge is 0.0553 e. The number of nitrogens with two attached hydrogens (primary N) is 1. The Morgan fingerprint density at radius 1 is 1.00 bits per heavy atom. The summed E-state index contributed by atoms with van der Waals surface area (Å²) in [5.41, 5.74) is 7.24. The standard InChI is InChI=1S/C9H13N3.C5H6N2/c1-2-9(8-11-3-1)12-6-4-10-5-7-12;6-5-2-1-3-7-4-5/h1-3,8,10H,4-7H2;1-4H,6H2. The van der Waals surface area contributed by atoms with Crippen LogP contribution in [-0.2, 0) is 0 Å². The van der Waals surface area contributed by atoms with Crippen molar-refractivity contribution in [2.45, 2.75) is 0 Å². The van der Waals surface area contributed by atoms with E-state index >= 15 is 0 Å². The van der Waals surface area contributed by atoms with Gasteiger partial charge in [-0.25, -0.2) is 0 Å². The van der Waals surface area contributed by atoms with Gasteiger partial charge in [0, 0.05) is 44.8 Å². The van der Waals surface area contributed by atoms with Gasteiger partial charge in [0.05, 0.1) is 17.6 Å². The van der Waals surface area contributed by atoms with Crippen LogP contribution in [0.15, 0.2) is 49.1 Å².